The number of benzene rings is 1. The van der Waals surface area contributed by atoms with E-state index < -0.39 is 0 Å². The van der Waals surface area contributed by atoms with Gasteiger partial charge in [-0.25, -0.2) is 0 Å². The van der Waals surface area contributed by atoms with Gasteiger partial charge in [0.15, 0.2) is 0 Å². The fourth-order valence-electron chi connectivity index (χ4n) is 1.82. The van der Waals surface area contributed by atoms with E-state index in [0.717, 1.165) is 24.2 Å². The summed E-state index contributed by atoms with van der Waals surface area (Å²) in [7, 11) is 0. The number of hydrogen-bond acceptors (Lipinski definition) is 3. The summed E-state index contributed by atoms with van der Waals surface area (Å²) >= 11 is 0. The quantitative estimate of drug-likeness (QED) is 0.804. The number of carbonyl (C=O) groups excluding carboxylic acids is 1. The zero-order valence-electron chi connectivity index (χ0n) is 12.7. The maximum Gasteiger partial charge on any atom is 0.220 e. The number of ether oxygens (including phenoxy) is 1. The summed E-state index contributed by atoms with van der Waals surface area (Å²) in [5.41, 5.74) is 6.33. The Kier molecular flexibility index (Phi) is 6.52. The molecule has 1 aromatic rings. The average molecular weight is 278 g/mol. The van der Waals surface area contributed by atoms with E-state index in [1.165, 1.54) is 0 Å². The fourth-order valence-corrected chi connectivity index (χ4v) is 1.82. The van der Waals surface area contributed by atoms with Crippen LogP contribution in [-0.4, -0.2) is 24.6 Å². The summed E-state index contributed by atoms with van der Waals surface area (Å²) in [5, 5.41) is 2.90. The summed E-state index contributed by atoms with van der Waals surface area (Å²) in [4.78, 5) is 11.5. The number of rotatable bonds is 7. The number of nitrogens with two attached hydrogens (primary N) is 1. The lowest BCUT2D eigenvalue weighted by Crippen LogP contribution is -2.26. The summed E-state index contributed by atoms with van der Waals surface area (Å²) < 4.78 is 5.82. The second kappa shape index (κ2) is 7.90. The van der Waals surface area contributed by atoms with Gasteiger partial charge >= 0.3 is 0 Å². The average Bonchev–Trinajstić information content (AvgIpc) is 2.35. The van der Waals surface area contributed by atoms with Crippen LogP contribution in [0.25, 0.3) is 0 Å². The molecule has 0 spiro atoms. The Morgan fingerprint density at radius 3 is 2.75 bits per heavy atom. The molecule has 20 heavy (non-hydrogen) atoms. The van der Waals surface area contributed by atoms with E-state index in [9.17, 15) is 4.79 Å². The number of nitrogens with one attached hydrogen (secondary N) is 1. The van der Waals surface area contributed by atoms with Crippen LogP contribution in [0.4, 0.5) is 0 Å². The minimum atomic E-state index is -0.199. The Morgan fingerprint density at radius 1 is 1.35 bits per heavy atom. The van der Waals surface area contributed by atoms with Gasteiger partial charge in [-0.05, 0) is 57.9 Å². The normalized spacial score (nSPS) is 11.2. The van der Waals surface area contributed by atoms with Gasteiger partial charge in [0.05, 0.1) is 0 Å². The molecule has 4 nitrogen and oxygen atoms in total. The molecule has 0 fully saturated rings. The molecule has 0 radical (unpaired) electrons. The third kappa shape index (κ3) is 7.14. The lowest BCUT2D eigenvalue weighted by molar-refractivity contribution is -0.121. The Bertz CT molecular complexity index is 425. The van der Waals surface area contributed by atoms with E-state index in [1.54, 1.807) is 0 Å². The summed E-state index contributed by atoms with van der Waals surface area (Å²) in [6.07, 6.45) is 2.04. The molecule has 0 saturated carbocycles. The van der Waals surface area contributed by atoms with Gasteiger partial charge in [0.1, 0.15) is 11.4 Å². The first kappa shape index (κ1) is 16.5. The van der Waals surface area contributed by atoms with Gasteiger partial charge in [-0.1, -0.05) is 12.1 Å². The molecule has 0 aliphatic rings. The van der Waals surface area contributed by atoms with E-state index in [2.05, 4.69) is 5.32 Å². The number of hydrogen-bond donors (Lipinski definition) is 2. The largest absolute Gasteiger partial charge is 0.488 e. The molecule has 1 aromatic carbocycles. The molecule has 0 saturated heterocycles. The maximum atomic E-state index is 11.5. The van der Waals surface area contributed by atoms with E-state index in [0.29, 0.717) is 19.5 Å². The highest BCUT2D eigenvalue weighted by Gasteiger charge is 2.11. The highest BCUT2D eigenvalue weighted by Crippen LogP contribution is 2.19. The van der Waals surface area contributed by atoms with Crippen molar-refractivity contribution in [2.45, 2.75) is 45.6 Å². The first-order valence-corrected chi connectivity index (χ1v) is 7.15. The SMILES string of the molecule is CC(C)(C)Oc1cccc(CCNC(=O)CCCN)c1. The molecule has 4 heteroatoms. The van der Waals surface area contributed by atoms with Crippen molar-refractivity contribution in [3.8, 4) is 5.75 Å². The third-order valence-corrected chi connectivity index (χ3v) is 2.67. The van der Waals surface area contributed by atoms with Crippen molar-refractivity contribution in [3.63, 3.8) is 0 Å². The second-order valence-corrected chi connectivity index (χ2v) is 5.85. The van der Waals surface area contributed by atoms with E-state index in [4.69, 9.17) is 10.5 Å². The maximum absolute atomic E-state index is 11.5. The monoisotopic (exact) mass is 278 g/mol. The van der Waals surface area contributed by atoms with Crippen LogP contribution < -0.4 is 15.8 Å². The van der Waals surface area contributed by atoms with Crippen molar-refractivity contribution in [3.05, 3.63) is 29.8 Å². The third-order valence-electron chi connectivity index (χ3n) is 2.67. The van der Waals surface area contributed by atoms with Crippen molar-refractivity contribution in [1.29, 1.82) is 0 Å². The predicted molar refractivity (Wildman–Crippen MR) is 81.8 cm³/mol. The molecule has 3 N–H and O–H groups in total. The van der Waals surface area contributed by atoms with E-state index in [-0.39, 0.29) is 11.5 Å². The highest BCUT2D eigenvalue weighted by molar-refractivity contribution is 5.75. The van der Waals surface area contributed by atoms with Crippen molar-refractivity contribution in [1.82, 2.24) is 5.32 Å². The molecule has 0 unspecified atom stereocenters. The topological polar surface area (TPSA) is 64.3 Å². The zero-order chi connectivity index (χ0) is 15.0. The number of carbonyl (C=O) groups is 1. The lowest BCUT2D eigenvalue weighted by Gasteiger charge is -2.21. The molecule has 0 aliphatic heterocycles. The molecule has 0 atom stereocenters. The van der Waals surface area contributed by atoms with Crippen LogP contribution in [0.1, 0.15) is 39.2 Å². The van der Waals surface area contributed by atoms with Crippen LogP contribution in [-0.2, 0) is 11.2 Å². The standard InChI is InChI=1S/C16H26N2O2/c1-16(2,3)20-14-7-4-6-13(12-14)9-11-18-15(19)8-5-10-17/h4,6-7,12H,5,8-11,17H2,1-3H3,(H,18,19). The zero-order valence-corrected chi connectivity index (χ0v) is 12.7. The number of amides is 1. The first-order chi connectivity index (χ1) is 9.40. The molecule has 112 valence electrons. The molecule has 0 bridgehead atoms. The van der Waals surface area contributed by atoms with Gasteiger partial charge in [0.2, 0.25) is 5.91 Å². The predicted octanol–water partition coefficient (Wildman–Crippen LogP) is 2.26. The first-order valence-electron chi connectivity index (χ1n) is 7.15. The molecule has 1 amide bonds. The Morgan fingerprint density at radius 2 is 2.10 bits per heavy atom. The minimum absolute atomic E-state index is 0.0672. The lowest BCUT2D eigenvalue weighted by atomic mass is 10.1. The van der Waals surface area contributed by atoms with Gasteiger partial charge in [-0.3, -0.25) is 4.79 Å². The van der Waals surface area contributed by atoms with Crippen molar-refractivity contribution in [2.75, 3.05) is 13.1 Å². The Hall–Kier alpha value is -1.55. The van der Waals surface area contributed by atoms with Crippen molar-refractivity contribution >= 4 is 5.91 Å². The van der Waals surface area contributed by atoms with Gasteiger partial charge in [-0.15, -0.1) is 0 Å². The van der Waals surface area contributed by atoms with Crippen LogP contribution >= 0.6 is 0 Å². The van der Waals surface area contributed by atoms with Crippen LogP contribution in [0.2, 0.25) is 0 Å². The molecule has 0 heterocycles. The van der Waals surface area contributed by atoms with Gasteiger partial charge in [0, 0.05) is 13.0 Å². The van der Waals surface area contributed by atoms with Gasteiger partial charge in [0.25, 0.3) is 0 Å². The van der Waals surface area contributed by atoms with E-state index in [1.807, 2.05) is 45.0 Å². The molecule has 1 rings (SSSR count). The van der Waals surface area contributed by atoms with Crippen LogP contribution in [0.15, 0.2) is 24.3 Å². The molecular formula is C16H26N2O2. The van der Waals surface area contributed by atoms with Crippen molar-refractivity contribution < 1.29 is 9.53 Å². The summed E-state index contributed by atoms with van der Waals surface area (Å²) in [6.45, 7) is 7.27. The molecular weight excluding hydrogens is 252 g/mol. The van der Waals surface area contributed by atoms with Crippen LogP contribution in [0, 0.1) is 0 Å². The smallest absolute Gasteiger partial charge is 0.220 e. The van der Waals surface area contributed by atoms with Crippen LogP contribution in [0.3, 0.4) is 0 Å². The van der Waals surface area contributed by atoms with Crippen LogP contribution in [0.5, 0.6) is 5.75 Å². The fraction of sp³-hybridized carbons (Fsp3) is 0.562. The van der Waals surface area contributed by atoms with Gasteiger partial charge < -0.3 is 15.8 Å². The highest BCUT2D eigenvalue weighted by atomic mass is 16.5. The molecule has 0 aliphatic carbocycles. The summed E-state index contributed by atoms with van der Waals surface area (Å²) in [5.74, 6) is 0.932. The molecule has 0 aromatic heterocycles. The van der Waals surface area contributed by atoms with E-state index >= 15 is 0 Å². The van der Waals surface area contributed by atoms with Gasteiger partial charge in [-0.2, -0.15) is 0 Å². The van der Waals surface area contributed by atoms with Crippen molar-refractivity contribution in [2.24, 2.45) is 5.73 Å². The Labute approximate surface area is 121 Å². The second-order valence-electron chi connectivity index (χ2n) is 5.85. The Balaban J connectivity index is 2.41. The summed E-state index contributed by atoms with van der Waals surface area (Å²) in [6, 6.07) is 8.00. The minimum Gasteiger partial charge on any atom is -0.488 e.